The fourth-order valence-electron chi connectivity index (χ4n) is 13.0. The summed E-state index contributed by atoms with van der Waals surface area (Å²) < 4.78 is 130. The van der Waals surface area contributed by atoms with Crippen molar-refractivity contribution < 1.29 is 83.4 Å². The van der Waals surface area contributed by atoms with Crippen molar-refractivity contribution in [2.24, 2.45) is 0 Å². The Morgan fingerprint density at radius 2 is 0.760 bits per heavy atom. The molecule has 0 aliphatic heterocycles. The van der Waals surface area contributed by atoms with Crippen molar-refractivity contribution in [1.82, 2.24) is 28.7 Å². The van der Waals surface area contributed by atoms with Crippen LogP contribution < -0.4 is 30.2 Å². The summed E-state index contributed by atoms with van der Waals surface area (Å²) in [5.41, 5.74) is 15.0. The van der Waals surface area contributed by atoms with Gasteiger partial charge >= 0.3 is 37.0 Å². The molecule has 3 atom stereocenters. The quantitative estimate of drug-likeness (QED) is 0.0347. The second-order valence-corrected chi connectivity index (χ2v) is 24.8. The summed E-state index contributed by atoms with van der Waals surface area (Å²) >= 11 is 0. The second kappa shape index (κ2) is 30.7. The predicted octanol–water partition coefficient (Wildman–Crippen LogP) is 18.8. The van der Waals surface area contributed by atoms with Gasteiger partial charge in [-0.05, 0) is 206 Å². The van der Waals surface area contributed by atoms with Crippen LogP contribution >= 0.6 is 0 Å². The summed E-state index contributed by atoms with van der Waals surface area (Å²) in [6.45, 7) is 2.03. The molecular formula is C77H66F9N9O9. The number of rotatable bonds is 22. The molecule has 0 unspecified atom stereocenters. The standard InChI is InChI=1S/2C26H22F3N3O3.C25H22F3N3O3/c2*27-26(28,29)35-19-10-8-18(9-11-19)30-25-31-21-15-16(6-14-24(33)34)5-12-23(21)32(25)22-13-7-17-3-1-2-4-20(17)22;1-16(18-5-3-2-4-6-18)31-22-13-7-17(8-14-23(32)33)15-21(22)30-24(31)29-19-9-11-20(12-10-19)34-25(26,27)28/h2*1-5,8-12,15,22H,6-7,13-14H2,(H,30,31)(H,33,34);2-7,9-13,15-16H,8,14H2,1H3,(H,29,30)(H,32,33)/t2*22-;16-/m101/s1. The van der Waals surface area contributed by atoms with E-state index in [9.17, 15) is 53.9 Å². The molecule has 0 radical (unpaired) electrons. The molecule has 0 bridgehead atoms. The van der Waals surface area contributed by atoms with Gasteiger partial charge in [0.1, 0.15) is 17.2 Å². The molecule has 12 aromatic rings. The van der Waals surface area contributed by atoms with Crippen LogP contribution in [0.3, 0.4) is 0 Å². The van der Waals surface area contributed by atoms with Gasteiger partial charge in [0.15, 0.2) is 0 Å². The summed E-state index contributed by atoms with van der Waals surface area (Å²) in [7, 11) is 0. The molecule has 0 fully saturated rings. The molecule has 2 aliphatic carbocycles. The first-order valence-corrected chi connectivity index (χ1v) is 33.0. The van der Waals surface area contributed by atoms with Crippen LogP contribution in [0, 0.1) is 0 Å². The highest BCUT2D eigenvalue weighted by atomic mass is 19.4. The number of fused-ring (bicyclic) bond motifs is 5. The maximum absolute atomic E-state index is 12.5. The Kier molecular flexibility index (Phi) is 21.2. The van der Waals surface area contributed by atoms with Crippen LogP contribution in [0.4, 0.5) is 74.4 Å². The van der Waals surface area contributed by atoms with Crippen molar-refractivity contribution >= 4 is 85.9 Å². The average molecular weight is 1430 g/mol. The van der Waals surface area contributed by atoms with E-state index >= 15 is 0 Å². The summed E-state index contributed by atoms with van der Waals surface area (Å²) in [5, 5.41) is 36.7. The highest BCUT2D eigenvalue weighted by Crippen LogP contribution is 2.43. The van der Waals surface area contributed by atoms with E-state index in [1.807, 2.05) is 121 Å². The van der Waals surface area contributed by atoms with Crippen LogP contribution in [0.25, 0.3) is 33.1 Å². The number of carboxylic acids is 3. The van der Waals surface area contributed by atoms with Crippen LogP contribution in [0.1, 0.15) is 102 Å². The molecule has 0 saturated carbocycles. The van der Waals surface area contributed by atoms with Gasteiger partial charge in [0.25, 0.3) is 0 Å². The molecule has 9 aromatic carbocycles. The number of aromatic nitrogens is 6. The Morgan fingerprint density at radius 1 is 0.433 bits per heavy atom. The zero-order valence-electron chi connectivity index (χ0n) is 55.3. The van der Waals surface area contributed by atoms with Gasteiger partial charge in [-0.3, -0.25) is 14.4 Å². The first-order valence-electron chi connectivity index (χ1n) is 33.0. The number of ether oxygens (including phenoxy) is 3. The third kappa shape index (κ3) is 18.0. The first kappa shape index (κ1) is 71.8. The predicted molar refractivity (Wildman–Crippen MR) is 372 cm³/mol. The molecule has 0 saturated heterocycles. The highest BCUT2D eigenvalue weighted by Gasteiger charge is 2.34. The third-order valence-electron chi connectivity index (χ3n) is 17.7. The number of aliphatic carboxylic acids is 3. The van der Waals surface area contributed by atoms with E-state index < -0.39 is 37.0 Å². The van der Waals surface area contributed by atoms with Crippen molar-refractivity contribution in [3.8, 4) is 17.2 Å². The van der Waals surface area contributed by atoms with Gasteiger partial charge < -0.3 is 59.2 Å². The smallest absolute Gasteiger partial charge is 0.481 e. The molecule has 0 spiro atoms. The van der Waals surface area contributed by atoms with E-state index in [-0.39, 0.29) is 54.6 Å². The Balaban J connectivity index is 0.000000147. The molecular weight excluding hydrogens is 1370 g/mol. The van der Waals surface area contributed by atoms with Gasteiger partial charge in [-0.15, -0.1) is 39.5 Å². The van der Waals surface area contributed by atoms with E-state index in [0.717, 1.165) is 75.5 Å². The van der Waals surface area contributed by atoms with Gasteiger partial charge in [-0.1, -0.05) is 97.1 Å². The monoisotopic (exact) mass is 1430 g/mol. The fourth-order valence-corrected chi connectivity index (χ4v) is 13.0. The lowest BCUT2D eigenvalue weighted by molar-refractivity contribution is -0.275. The topological polar surface area (TPSA) is 229 Å². The highest BCUT2D eigenvalue weighted by molar-refractivity contribution is 5.84. The number of benzene rings is 9. The number of hydrogen-bond donors (Lipinski definition) is 6. The number of nitrogens with zero attached hydrogens (tertiary/aromatic N) is 6. The molecule has 104 heavy (non-hydrogen) atoms. The lowest BCUT2D eigenvalue weighted by Gasteiger charge is -2.19. The number of carbonyl (C=O) groups is 3. The molecule has 14 rings (SSSR count). The minimum absolute atomic E-state index is 0.0179. The van der Waals surface area contributed by atoms with Crippen molar-refractivity contribution in [3.63, 3.8) is 0 Å². The van der Waals surface area contributed by atoms with E-state index in [0.29, 0.717) is 59.7 Å². The maximum Gasteiger partial charge on any atom is 0.573 e. The lowest BCUT2D eigenvalue weighted by Crippen LogP contribution is -2.17. The number of alkyl halides is 9. The van der Waals surface area contributed by atoms with Crippen LogP contribution in [-0.4, -0.2) is 81.0 Å². The zero-order valence-corrected chi connectivity index (χ0v) is 55.3. The van der Waals surface area contributed by atoms with E-state index in [2.05, 4.69) is 63.6 Å². The van der Waals surface area contributed by atoms with Crippen LogP contribution in [0.5, 0.6) is 17.2 Å². The van der Waals surface area contributed by atoms with Gasteiger partial charge in [-0.25, -0.2) is 15.0 Å². The largest absolute Gasteiger partial charge is 0.573 e. The zero-order chi connectivity index (χ0) is 73.5. The summed E-state index contributed by atoms with van der Waals surface area (Å²) in [6.07, 6.45) is -9.38. The maximum atomic E-state index is 12.5. The van der Waals surface area contributed by atoms with Gasteiger partial charge in [0, 0.05) is 36.3 Å². The number of imidazole rings is 3. The van der Waals surface area contributed by atoms with Gasteiger partial charge in [0.05, 0.1) is 51.2 Å². The molecule has 3 aromatic heterocycles. The number of nitrogens with one attached hydrogen (secondary N) is 3. The van der Waals surface area contributed by atoms with Crippen LogP contribution in [-0.2, 0) is 46.5 Å². The SMILES string of the molecule is C[C@H](c1ccccc1)n1c(Nc2ccc(OC(F)(F)F)cc2)nc2cc(CCC(=O)O)ccc21.O=C(O)CCc1ccc2c(c1)nc(Nc1ccc(OC(F)(F)F)cc1)n2[C@@H]1CCc2ccccc21.O=C(O)CCc1ccc2c(c1)nc(Nc1ccc(OC(F)(F)F)cc1)n2[C@H]1CCc2ccccc21. The van der Waals surface area contributed by atoms with Crippen molar-refractivity contribution in [1.29, 1.82) is 0 Å². The Hall–Kier alpha value is -12.0. The van der Waals surface area contributed by atoms with Crippen LogP contribution in [0.15, 0.2) is 206 Å². The van der Waals surface area contributed by atoms with Crippen molar-refractivity contribution in [2.75, 3.05) is 16.0 Å². The van der Waals surface area contributed by atoms with E-state index in [1.54, 1.807) is 0 Å². The fraction of sp³-hybridized carbons (Fsp3) is 0.221. The second-order valence-electron chi connectivity index (χ2n) is 24.8. The first-order chi connectivity index (χ1) is 49.7. The normalized spacial score (nSPS) is 14.3. The molecule has 18 nitrogen and oxygen atoms in total. The summed E-state index contributed by atoms with van der Waals surface area (Å²) in [6, 6.07) is 59.9. The number of anilines is 6. The third-order valence-corrected chi connectivity index (χ3v) is 17.7. The molecule has 2 aliphatic rings. The number of carboxylic acid groups (broad SMARTS) is 3. The minimum Gasteiger partial charge on any atom is -0.481 e. The van der Waals surface area contributed by atoms with Crippen molar-refractivity contribution in [3.05, 3.63) is 251 Å². The summed E-state index contributed by atoms with van der Waals surface area (Å²) in [5.74, 6) is -1.89. The lowest BCUT2D eigenvalue weighted by atomic mass is 10.1. The van der Waals surface area contributed by atoms with Crippen molar-refractivity contribution in [2.45, 2.75) is 108 Å². The molecule has 27 heteroatoms. The van der Waals surface area contributed by atoms with Gasteiger partial charge in [0.2, 0.25) is 17.8 Å². The Bertz CT molecular complexity index is 4830. The Labute approximate surface area is 587 Å². The number of aryl methyl sites for hydroxylation is 5. The Morgan fingerprint density at radius 3 is 1.12 bits per heavy atom. The average Bonchev–Trinajstić information content (AvgIpc) is 1.61. The molecule has 3 heterocycles. The molecule has 6 N–H and O–H groups in total. The number of hydrogen-bond acceptors (Lipinski definition) is 12. The minimum atomic E-state index is -4.76. The van der Waals surface area contributed by atoms with Crippen LogP contribution in [0.2, 0.25) is 0 Å². The van der Waals surface area contributed by atoms with Gasteiger partial charge in [-0.2, -0.15) is 0 Å². The summed E-state index contributed by atoms with van der Waals surface area (Å²) in [4.78, 5) is 47.2. The molecule has 536 valence electrons. The van der Waals surface area contributed by atoms with E-state index in [1.165, 1.54) is 95.1 Å². The number of halogens is 9. The van der Waals surface area contributed by atoms with E-state index in [4.69, 9.17) is 30.3 Å². The molecule has 0 amide bonds.